The van der Waals surface area contributed by atoms with Crippen LogP contribution in [0, 0.1) is 0 Å². The molecule has 0 radical (unpaired) electrons. The van der Waals surface area contributed by atoms with Gasteiger partial charge in [0, 0.05) is 35.6 Å². The van der Waals surface area contributed by atoms with Crippen LogP contribution in [0.2, 0.25) is 0 Å². The summed E-state index contributed by atoms with van der Waals surface area (Å²) in [6.07, 6.45) is 0. The molecule has 33 heavy (non-hydrogen) atoms. The molecule has 0 N–H and O–H groups in total. The second-order valence-electron chi connectivity index (χ2n) is 9.48. The maximum atomic E-state index is 3.70. The van der Waals surface area contributed by atoms with E-state index in [1.165, 1.54) is 64.3 Å². The van der Waals surface area contributed by atoms with Crippen LogP contribution in [0.4, 0.5) is 0 Å². The summed E-state index contributed by atoms with van der Waals surface area (Å²) >= 11 is 5.60. The molecule has 0 fully saturated rings. The number of thiophene rings is 1. The monoisotopic (exact) mass is 504 g/mol. The summed E-state index contributed by atoms with van der Waals surface area (Å²) in [4.78, 5) is 0. The third-order valence-corrected chi connectivity index (χ3v) is 9.07. The predicted molar refractivity (Wildman–Crippen MR) is 148 cm³/mol. The SMILES string of the molecule is CC1(C)c2cc(Br)ccc2-c2ccc(-c3cccc4c3sc3ccccc34)c3cccc1c23. The van der Waals surface area contributed by atoms with E-state index in [9.17, 15) is 0 Å². The first-order valence-corrected chi connectivity index (χ1v) is 12.9. The van der Waals surface area contributed by atoms with Crippen molar-refractivity contribution in [2.45, 2.75) is 19.3 Å². The third kappa shape index (κ3) is 2.62. The molecule has 0 bridgehead atoms. The van der Waals surface area contributed by atoms with Crippen molar-refractivity contribution in [3.8, 4) is 22.3 Å². The summed E-state index contributed by atoms with van der Waals surface area (Å²) in [5.74, 6) is 0. The Kier molecular flexibility index (Phi) is 4.02. The quantitative estimate of drug-likeness (QED) is 0.209. The molecule has 0 spiro atoms. The van der Waals surface area contributed by atoms with Gasteiger partial charge in [-0.15, -0.1) is 11.3 Å². The van der Waals surface area contributed by atoms with Gasteiger partial charge in [-0.1, -0.05) is 103 Å². The number of benzene rings is 5. The van der Waals surface area contributed by atoms with Crippen molar-refractivity contribution >= 4 is 58.2 Å². The zero-order chi connectivity index (χ0) is 22.3. The van der Waals surface area contributed by atoms with Crippen molar-refractivity contribution in [1.82, 2.24) is 0 Å². The van der Waals surface area contributed by atoms with Crippen molar-refractivity contribution in [2.75, 3.05) is 0 Å². The first-order valence-electron chi connectivity index (χ1n) is 11.3. The van der Waals surface area contributed by atoms with E-state index >= 15 is 0 Å². The van der Waals surface area contributed by atoms with E-state index in [1.54, 1.807) is 0 Å². The highest BCUT2D eigenvalue weighted by atomic mass is 79.9. The molecule has 5 aromatic carbocycles. The molecule has 0 saturated carbocycles. The van der Waals surface area contributed by atoms with Crippen LogP contribution in [0.25, 0.3) is 53.2 Å². The smallest absolute Gasteiger partial charge is 0.0434 e. The van der Waals surface area contributed by atoms with Crippen LogP contribution in [0.15, 0.2) is 95.5 Å². The fraction of sp³-hybridized carbons (Fsp3) is 0.0968. The van der Waals surface area contributed by atoms with E-state index < -0.39 is 0 Å². The molecule has 0 nitrogen and oxygen atoms in total. The van der Waals surface area contributed by atoms with E-state index in [4.69, 9.17) is 0 Å². The van der Waals surface area contributed by atoms with E-state index in [-0.39, 0.29) is 5.41 Å². The fourth-order valence-electron chi connectivity index (χ4n) is 5.76. The van der Waals surface area contributed by atoms with Crippen LogP contribution in [0.1, 0.15) is 25.0 Å². The summed E-state index contributed by atoms with van der Waals surface area (Å²) in [7, 11) is 0. The minimum Gasteiger partial charge on any atom is -0.135 e. The Morgan fingerprint density at radius 3 is 2.24 bits per heavy atom. The number of hydrogen-bond acceptors (Lipinski definition) is 1. The van der Waals surface area contributed by atoms with Gasteiger partial charge in [0.25, 0.3) is 0 Å². The molecular formula is C31H21BrS. The highest BCUT2D eigenvalue weighted by Crippen LogP contribution is 2.51. The molecule has 7 rings (SSSR count). The number of halogens is 1. The average molecular weight is 505 g/mol. The molecule has 0 amide bonds. The molecule has 0 atom stereocenters. The maximum absolute atomic E-state index is 3.70. The second kappa shape index (κ2) is 6.79. The summed E-state index contributed by atoms with van der Waals surface area (Å²) < 4.78 is 3.86. The highest BCUT2D eigenvalue weighted by Gasteiger charge is 2.34. The molecule has 0 aliphatic heterocycles. The summed E-state index contributed by atoms with van der Waals surface area (Å²) in [5, 5.41) is 5.44. The first kappa shape index (κ1) is 19.5. The Morgan fingerprint density at radius 1 is 0.606 bits per heavy atom. The van der Waals surface area contributed by atoms with Gasteiger partial charge in [-0.05, 0) is 56.8 Å². The first-order chi connectivity index (χ1) is 16.0. The second-order valence-corrected chi connectivity index (χ2v) is 11.5. The third-order valence-electron chi connectivity index (χ3n) is 7.35. The van der Waals surface area contributed by atoms with Crippen LogP contribution in [-0.2, 0) is 5.41 Å². The Morgan fingerprint density at radius 2 is 1.33 bits per heavy atom. The van der Waals surface area contributed by atoms with Crippen LogP contribution in [0.3, 0.4) is 0 Å². The van der Waals surface area contributed by atoms with Crippen molar-refractivity contribution < 1.29 is 0 Å². The van der Waals surface area contributed by atoms with E-state index in [1.807, 2.05) is 11.3 Å². The van der Waals surface area contributed by atoms with Crippen LogP contribution in [0.5, 0.6) is 0 Å². The maximum Gasteiger partial charge on any atom is 0.0434 e. The largest absolute Gasteiger partial charge is 0.135 e. The van der Waals surface area contributed by atoms with Crippen LogP contribution >= 0.6 is 27.3 Å². The zero-order valence-corrected chi connectivity index (χ0v) is 20.8. The topological polar surface area (TPSA) is 0 Å². The molecule has 0 unspecified atom stereocenters. The van der Waals surface area contributed by atoms with Crippen LogP contribution in [-0.4, -0.2) is 0 Å². The molecule has 6 aromatic rings. The molecule has 1 aliphatic carbocycles. The predicted octanol–water partition coefficient (Wildman–Crippen LogP) is 9.94. The van der Waals surface area contributed by atoms with Gasteiger partial charge in [0.05, 0.1) is 0 Å². The number of fused-ring (bicyclic) bond motifs is 5. The minimum atomic E-state index is -0.0616. The molecule has 1 aliphatic rings. The van der Waals surface area contributed by atoms with E-state index in [0.29, 0.717) is 0 Å². The lowest BCUT2D eigenvalue weighted by molar-refractivity contribution is 0.645. The van der Waals surface area contributed by atoms with E-state index in [0.717, 1.165) is 4.47 Å². The van der Waals surface area contributed by atoms with Crippen molar-refractivity contribution in [2.24, 2.45) is 0 Å². The van der Waals surface area contributed by atoms with Crippen molar-refractivity contribution in [3.05, 3.63) is 107 Å². The van der Waals surface area contributed by atoms with Gasteiger partial charge in [0.1, 0.15) is 0 Å². The number of hydrogen-bond donors (Lipinski definition) is 0. The van der Waals surface area contributed by atoms with E-state index in [2.05, 4.69) is 121 Å². The fourth-order valence-corrected chi connectivity index (χ4v) is 7.35. The lowest BCUT2D eigenvalue weighted by Gasteiger charge is -2.35. The van der Waals surface area contributed by atoms with Crippen molar-refractivity contribution in [1.29, 1.82) is 0 Å². The van der Waals surface area contributed by atoms with Gasteiger partial charge in [0.15, 0.2) is 0 Å². The Bertz CT molecular complexity index is 1750. The summed E-state index contributed by atoms with van der Waals surface area (Å²) in [5.41, 5.74) is 8.07. The molecule has 158 valence electrons. The molecule has 1 heterocycles. The summed E-state index contributed by atoms with van der Waals surface area (Å²) in [6.45, 7) is 4.71. The van der Waals surface area contributed by atoms with Gasteiger partial charge in [0.2, 0.25) is 0 Å². The Balaban J connectivity index is 1.60. The van der Waals surface area contributed by atoms with Gasteiger partial charge >= 0.3 is 0 Å². The highest BCUT2D eigenvalue weighted by molar-refractivity contribution is 9.10. The van der Waals surface area contributed by atoms with Gasteiger partial charge in [-0.2, -0.15) is 0 Å². The standard InChI is InChI=1S/C31H21BrS/c1-31(2)26-11-6-8-22-19(15-16-23(29(22)26)20-14-13-18(32)17-27(20)31)24-9-5-10-25-21-7-3-4-12-28(21)33-30(24)25/h3-17H,1-2H3. The Hall–Kier alpha value is -2.94. The molecule has 0 saturated heterocycles. The molecule has 1 aromatic heterocycles. The Labute approximate surface area is 205 Å². The lowest BCUT2D eigenvalue weighted by Crippen LogP contribution is -2.23. The lowest BCUT2D eigenvalue weighted by atomic mass is 9.68. The van der Waals surface area contributed by atoms with Gasteiger partial charge in [-0.25, -0.2) is 0 Å². The van der Waals surface area contributed by atoms with Crippen molar-refractivity contribution in [3.63, 3.8) is 0 Å². The number of rotatable bonds is 1. The van der Waals surface area contributed by atoms with Gasteiger partial charge in [-0.3, -0.25) is 0 Å². The van der Waals surface area contributed by atoms with Crippen LogP contribution < -0.4 is 0 Å². The summed E-state index contributed by atoms with van der Waals surface area (Å²) in [6, 6.07) is 33.8. The molecule has 2 heteroatoms. The zero-order valence-electron chi connectivity index (χ0n) is 18.4. The minimum absolute atomic E-state index is 0.0616. The molecular weight excluding hydrogens is 484 g/mol. The average Bonchev–Trinajstić information content (AvgIpc) is 3.21. The normalized spacial score (nSPS) is 14.2. The van der Waals surface area contributed by atoms with Gasteiger partial charge < -0.3 is 0 Å².